The van der Waals surface area contributed by atoms with Crippen LogP contribution in [0.5, 0.6) is 0 Å². The first-order valence-corrected chi connectivity index (χ1v) is 10.9. The van der Waals surface area contributed by atoms with Crippen molar-refractivity contribution in [1.82, 2.24) is 5.43 Å². The minimum atomic E-state index is -0.487. The van der Waals surface area contributed by atoms with E-state index in [0.29, 0.717) is 41.1 Å². The number of hydrazone groups is 1. The molecule has 1 heterocycles. The zero-order valence-electron chi connectivity index (χ0n) is 18.9. The van der Waals surface area contributed by atoms with Crippen molar-refractivity contribution in [2.24, 2.45) is 5.10 Å². The van der Waals surface area contributed by atoms with Crippen LogP contribution in [0.25, 0.3) is 0 Å². The number of nitro benzene ring substituents is 1. The number of hydrogen-bond acceptors (Lipinski definition) is 6. The number of nitro groups is 1. The van der Waals surface area contributed by atoms with Gasteiger partial charge in [-0.15, -0.1) is 0 Å². The molecule has 3 aromatic rings. The van der Waals surface area contributed by atoms with Crippen molar-refractivity contribution in [1.29, 1.82) is 0 Å². The predicted molar refractivity (Wildman–Crippen MR) is 127 cm³/mol. The maximum absolute atomic E-state index is 12.8. The molecule has 2 amide bonds. The second kappa shape index (κ2) is 9.70. The van der Waals surface area contributed by atoms with Gasteiger partial charge in [-0.2, -0.15) is 5.10 Å². The first kappa shape index (κ1) is 22.9. The van der Waals surface area contributed by atoms with Gasteiger partial charge in [0.1, 0.15) is 5.76 Å². The topological polar surface area (TPSA) is 127 Å². The number of amides is 2. The molecule has 0 fully saturated rings. The first-order chi connectivity index (χ1) is 16.3. The Labute approximate surface area is 196 Å². The Morgan fingerprint density at radius 1 is 1.12 bits per heavy atom. The Bertz CT molecular complexity index is 1290. The van der Waals surface area contributed by atoms with Crippen molar-refractivity contribution in [2.75, 3.05) is 5.32 Å². The summed E-state index contributed by atoms with van der Waals surface area (Å²) in [5.74, 6) is 0.242. The summed E-state index contributed by atoms with van der Waals surface area (Å²) in [4.78, 5) is 35.5. The number of hydrogen-bond donors (Lipinski definition) is 2. The van der Waals surface area contributed by atoms with E-state index < -0.39 is 4.92 Å². The molecule has 4 rings (SSSR count). The lowest BCUT2D eigenvalue weighted by molar-refractivity contribution is -0.384. The number of nitrogens with one attached hydrogen (secondary N) is 2. The maximum Gasteiger partial charge on any atom is 0.291 e. The third-order valence-electron chi connectivity index (χ3n) is 5.64. The molecule has 9 nitrogen and oxygen atoms in total. The van der Waals surface area contributed by atoms with Gasteiger partial charge in [0.25, 0.3) is 11.6 Å². The lowest BCUT2D eigenvalue weighted by Crippen LogP contribution is -2.23. The molecule has 1 aliphatic rings. The van der Waals surface area contributed by atoms with Gasteiger partial charge < -0.3 is 9.73 Å². The highest BCUT2D eigenvalue weighted by molar-refractivity contribution is 6.09. The highest BCUT2D eigenvalue weighted by Crippen LogP contribution is 2.30. The van der Waals surface area contributed by atoms with Crippen molar-refractivity contribution in [3.63, 3.8) is 0 Å². The van der Waals surface area contributed by atoms with Crippen LogP contribution in [-0.4, -0.2) is 22.4 Å². The summed E-state index contributed by atoms with van der Waals surface area (Å²) in [6.45, 7) is 3.76. The number of non-ortho nitro benzene ring substituents is 1. The van der Waals surface area contributed by atoms with E-state index in [4.69, 9.17) is 4.42 Å². The largest absolute Gasteiger partial charge is 0.455 e. The maximum atomic E-state index is 12.8. The third-order valence-corrected chi connectivity index (χ3v) is 5.64. The van der Waals surface area contributed by atoms with E-state index in [0.717, 1.165) is 17.5 Å². The fourth-order valence-electron chi connectivity index (χ4n) is 4.00. The van der Waals surface area contributed by atoms with Gasteiger partial charge in [-0.3, -0.25) is 19.7 Å². The zero-order valence-corrected chi connectivity index (χ0v) is 18.9. The molecule has 9 heteroatoms. The van der Waals surface area contributed by atoms with Crippen molar-refractivity contribution < 1.29 is 18.9 Å². The van der Waals surface area contributed by atoms with E-state index in [1.54, 1.807) is 12.1 Å². The van der Waals surface area contributed by atoms with Crippen LogP contribution in [0, 0.1) is 24.0 Å². The van der Waals surface area contributed by atoms with Crippen LogP contribution < -0.4 is 10.7 Å². The van der Waals surface area contributed by atoms with Crippen LogP contribution in [0.1, 0.15) is 51.4 Å². The predicted octanol–water partition coefficient (Wildman–Crippen LogP) is 4.46. The van der Waals surface area contributed by atoms with E-state index in [1.807, 2.05) is 38.1 Å². The van der Waals surface area contributed by atoms with Crippen molar-refractivity contribution >= 4 is 28.9 Å². The van der Waals surface area contributed by atoms with Crippen LogP contribution in [0.2, 0.25) is 0 Å². The van der Waals surface area contributed by atoms with Gasteiger partial charge >= 0.3 is 0 Å². The Balaban J connectivity index is 1.48. The molecule has 174 valence electrons. The molecule has 0 atom stereocenters. The molecule has 0 aliphatic heterocycles. The average molecular weight is 460 g/mol. The molecule has 1 aromatic heterocycles. The second-order valence-corrected chi connectivity index (χ2v) is 8.23. The summed E-state index contributed by atoms with van der Waals surface area (Å²) in [5.41, 5.74) is 7.00. The van der Waals surface area contributed by atoms with Gasteiger partial charge in [0, 0.05) is 35.4 Å². The Morgan fingerprint density at radius 2 is 1.88 bits per heavy atom. The van der Waals surface area contributed by atoms with Crippen molar-refractivity contribution in [3.05, 3.63) is 92.4 Å². The van der Waals surface area contributed by atoms with Crippen LogP contribution in [0.15, 0.2) is 58.0 Å². The van der Waals surface area contributed by atoms with Crippen LogP contribution in [0.4, 0.5) is 11.4 Å². The average Bonchev–Trinajstić information content (AvgIpc) is 3.15. The first-order valence-electron chi connectivity index (χ1n) is 10.9. The summed E-state index contributed by atoms with van der Waals surface area (Å²) in [5, 5.41) is 17.9. The van der Waals surface area contributed by atoms with E-state index in [9.17, 15) is 19.7 Å². The number of rotatable bonds is 6. The number of nitrogens with zero attached hydrogens (tertiary/aromatic N) is 2. The van der Waals surface area contributed by atoms with Gasteiger partial charge in [0.05, 0.1) is 17.1 Å². The van der Waals surface area contributed by atoms with Crippen LogP contribution >= 0.6 is 0 Å². The Morgan fingerprint density at radius 3 is 2.59 bits per heavy atom. The molecule has 34 heavy (non-hydrogen) atoms. The third kappa shape index (κ3) is 5.03. The van der Waals surface area contributed by atoms with E-state index in [2.05, 4.69) is 15.8 Å². The van der Waals surface area contributed by atoms with Crippen LogP contribution in [0.3, 0.4) is 0 Å². The molecule has 0 saturated heterocycles. The highest BCUT2D eigenvalue weighted by atomic mass is 16.6. The van der Waals surface area contributed by atoms with Gasteiger partial charge in [0.15, 0.2) is 5.76 Å². The standard InChI is InChI=1S/C25H24N4O5/c1-15-5-3-6-18(13-15)26-25(31)24-16(2)23-20(7-4-8-21(23)34-24)27-28-22(30)14-17-9-11-19(12-10-17)29(32)33/h3,5-6,9-13H,4,7-8,14H2,1-2H3,(H,26,31)(H,28,30)/b27-20+. The monoisotopic (exact) mass is 460 g/mol. The molecule has 0 radical (unpaired) electrons. The van der Waals surface area contributed by atoms with Gasteiger partial charge in [0.2, 0.25) is 5.91 Å². The number of furan rings is 1. The minimum Gasteiger partial charge on any atom is -0.455 e. The normalized spacial score (nSPS) is 13.9. The summed E-state index contributed by atoms with van der Waals surface area (Å²) in [6, 6.07) is 13.3. The quantitative estimate of drug-likeness (QED) is 0.415. The van der Waals surface area contributed by atoms with E-state index in [-0.39, 0.29) is 29.7 Å². The molecule has 0 unspecified atom stereocenters. The minimum absolute atomic E-state index is 0.0307. The summed E-state index contributed by atoms with van der Waals surface area (Å²) < 4.78 is 5.90. The number of benzene rings is 2. The van der Waals surface area contributed by atoms with E-state index in [1.165, 1.54) is 12.1 Å². The van der Waals surface area contributed by atoms with E-state index >= 15 is 0 Å². The van der Waals surface area contributed by atoms with Crippen molar-refractivity contribution in [3.8, 4) is 0 Å². The molecule has 2 N–H and O–H groups in total. The Kier molecular flexibility index (Phi) is 6.53. The molecule has 0 saturated carbocycles. The molecule has 0 spiro atoms. The fraction of sp³-hybridized carbons (Fsp3) is 0.240. The summed E-state index contributed by atoms with van der Waals surface area (Å²) in [7, 11) is 0. The Hall–Kier alpha value is -4.27. The fourth-order valence-corrected chi connectivity index (χ4v) is 4.00. The van der Waals surface area contributed by atoms with Gasteiger partial charge in [-0.25, -0.2) is 5.43 Å². The number of aryl methyl sites for hydroxylation is 2. The van der Waals surface area contributed by atoms with Gasteiger partial charge in [-0.05, 0) is 49.9 Å². The number of carbonyl (C=O) groups excluding carboxylic acids is 2. The summed E-state index contributed by atoms with van der Waals surface area (Å²) in [6.07, 6.45) is 2.15. The lowest BCUT2D eigenvalue weighted by Gasteiger charge is -2.13. The molecule has 1 aliphatic carbocycles. The number of anilines is 1. The second-order valence-electron chi connectivity index (χ2n) is 8.23. The molecule has 2 aromatic carbocycles. The highest BCUT2D eigenvalue weighted by Gasteiger charge is 2.28. The smallest absolute Gasteiger partial charge is 0.291 e. The SMILES string of the molecule is Cc1cccc(NC(=O)c2oc3c(c2C)/C(=N/NC(=O)Cc2ccc([N+](=O)[O-])cc2)CCC3)c1. The van der Waals surface area contributed by atoms with Crippen LogP contribution in [-0.2, 0) is 17.6 Å². The molecular weight excluding hydrogens is 436 g/mol. The van der Waals surface area contributed by atoms with Crippen molar-refractivity contribution in [2.45, 2.75) is 39.5 Å². The van der Waals surface area contributed by atoms with Gasteiger partial charge in [-0.1, -0.05) is 24.3 Å². The number of carbonyl (C=O) groups is 2. The lowest BCUT2D eigenvalue weighted by atomic mass is 9.93. The summed E-state index contributed by atoms with van der Waals surface area (Å²) >= 11 is 0. The molecular formula is C25H24N4O5. The number of fused-ring (bicyclic) bond motifs is 1. The molecule has 0 bridgehead atoms. The zero-order chi connectivity index (χ0) is 24.2.